The zero-order valence-corrected chi connectivity index (χ0v) is 20.1. The Labute approximate surface area is 196 Å². The molecule has 0 fully saturated rings. The summed E-state index contributed by atoms with van der Waals surface area (Å²) >= 11 is 1.32. The van der Waals surface area contributed by atoms with Crippen LogP contribution in [0.1, 0.15) is 46.9 Å². The van der Waals surface area contributed by atoms with E-state index in [1.807, 2.05) is 45.0 Å². The van der Waals surface area contributed by atoms with Gasteiger partial charge in [-0.25, -0.2) is 0 Å². The van der Waals surface area contributed by atoms with E-state index in [9.17, 15) is 14.7 Å². The van der Waals surface area contributed by atoms with E-state index >= 15 is 0 Å². The number of ether oxygens (including phenoxy) is 1. The molecule has 174 valence electrons. The lowest BCUT2D eigenvalue weighted by Gasteiger charge is -2.40. The molecular weight excluding hydrogens is 440 g/mol. The number of aromatic nitrogens is 3. The molecule has 3 aromatic rings. The van der Waals surface area contributed by atoms with E-state index in [-0.39, 0.29) is 29.2 Å². The molecule has 9 heteroatoms. The van der Waals surface area contributed by atoms with E-state index in [0.29, 0.717) is 31.0 Å². The van der Waals surface area contributed by atoms with Gasteiger partial charge < -0.3 is 19.3 Å². The maximum absolute atomic E-state index is 13.2. The first-order chi connectivity index (χ1) is 15.8. The average molecular weight is 469 g/mol. The van der Waals surface area contributed by atoms with Crippen LogP contribution >= 0.6 is 11.3 Å². The van der Waals surface area contributed by atoms with Gasteiger partial charge in [0.25, 0.3) is 5.91 Å². The minimum atomic E-state index is -0.605. The van der Waals surface area contributed by atoms with Gasteiger partial charge in [0.1, 0.15) is 5.01 Å². The van der Waals surface area contributed by atoms with Gasteiger partial charge in [-0.2, -0.15) is 0 Å². The molecular formula is C24H28N4O4S. The van der Waals surface area contributed by atoms with Gasteiger partial charge in [0, 0.05) is 38.9 Å². The summed E-state index contributed by atoms with van der Waals surface area (Å²) in [6.07, 6.45) is 2.89. The summed E-state index contributed by atoms with van der Waals surface area (Å²) in [6.45, 7) is 6.85. The van der Waals surface area contributed by atoms with E-state index in [2.05, 4.69) is 10.2 Å². The molecule has 0 radical (unpaired) electrons. The van der Waals surface area contributed by atoms with Gasteiger partial charge in [-0.3, -0.25) is 9.59 Å². The lowest BCUT2D eigenvalue weighted by molar-refractivity contribution is 0.0438. The smallest absolute Gasteiger partial charge is 0.275 e. The number of nitrogens with zero attached hydrogens (tertiary/aromatic N) is 4. The molecule has 1 amide bonds. The first-order valence-corrected chi connectivity index (χ1v) is 11.8. The third-order valence-electron chi connectivity index (χ3n) is 5.88. The van der Waals surface area contributed by atoms with Gasteiger partial charge in [-0.05, 0) is 32.8 Å². The predicted octanol–water partition coefficient (Wildman–Crippen LogP) is 3.24. The Balaban J connectivity index is 1.69. The van der Waals surface area contributed by atoms with Gasteiger partial charge in [0.2, 0.25) is 5.43 Å². The molecule has 1 aromatic carbocycles. The number of aryl methyl sites for hydroxylation is 1. The predicted molar refractivity (Wildman–Crippen MR) is 127 cm³/mol. The van der Waals surface area contributed by atoms with Crippen molar-refractivity contribution < 1.29 is 14.6 Å². The van der Waals surface area contributed by atoms with Crippen LogP contribution in [0.15, 0.2) is 35.3 Å². The van der Waals surface area contributed by atoms with E-state index in [4.69, 9.17) is 4.74 Å². The standard InChI is InChI=1S/C24H28N4O4S/c1-14(2)28-17(9-10-32-4)12-27-13-18(21(29)22(30)20(27)24(28)31)23-26-25-19(33-23)11-16-7-5-15(3)6-8-16/h5-8,13-14,17,30H,9-12H2,1-4H3/t17-/m1/s1. The van der Waals surface area contributed by atoms with Gasteiger partial charge >= 0.3 is 0 Å². The largest absolute Gasteiger partial charge is 0.503 e. The van der Waals surface area contributed by atoms with Gasteiger partial charge in [-0.15, -0.1) is 10.2 Å². The lowest BCUT2D eigenvalue weighted by atomic mass is 10.0. The Morgan fingerprint density at radius 1 is 1.21 bits per heavy atom. The van der Waals surface area contributed by atoms with Crippen LogP contribution in [-0.4, -0.2) is 56.5 Å². The first kappa shape index (κ1) is 23.1. The van der Waals surface area contributed by atoms with Gasteiger partial charge in [0.15, 0.2) is 16.5 Å². The number of aromatic hydroxyl groups is 1. The van der Waals surface area contributed by atoms with E-state index < -0.39 is 11.2 Å². The highest BCUT2D eigenvalue weighted by Gasteiger charge is 2.37. The fraction of sp³-hybridized carbons (Fsp3) is 0.417. The van der Waals surface area contributed by atoms with E-state index in [0.717, 1.165) is 10.6 Å². The van der Waals surface area contributed by atoms with Crippen molar-refractivity contribution in [2.24, 2.45) is 0 Å². The topological polar surface area (TPSA) is 97.5 Å². The number of carbonyl (C=O) groups excluding carboxylic acids is 1. The second-order valence-corrected chi connectivity index (χ2v) is 9.69. The number of amides is 1. The van der Waals surface area contributed by atoms with Crippen molar-refractivity contribution >= 4 is 17.2 Å². The molecule has 0 aliphatic carbocycles. The third-order valence-corrected chi connectivity index (χ3v) is 6.84. The van der Waals surface area contributed by atoms with Gasteiger partial charge in [-0.1, -0.05) is 41.2 Å². The van der Waals surface area contributed by atoms with E-state index in [1.54, 1.807) is 22.8 Å². The maximum Gasteiger partial charge on any atom is 0.275 e. The molecule has 3 heterocycles. The first-order valence-electron chi connectivity index (χ1n) is 11.0. The van der Waals surface area contributed by atoms with Crippen LogP contribution < -0.4 is 5.43 Å². The molecule has 0 bridgehead atoms. The summed E-state index contributed by atoms with van der Waals surface area (Å²) in [5, 5.41) is 20.4. The van der Waals surface area contributed by atoms with Crippen LogP contribution in [0.25, 0.3) is 10.6 Å². The van der Waals surface area contributed by atoms with Crippen molar-refractivity contribution in [3.63, 3.8) is 0 Å². The Morgan fingerprint density at radius 3 is 2.61 bits per heavy atom. The number of carbonyl (C=O) groups is 1. The highest BCUT2D eigenvalue weighted by Crippen LogP contribution is 2.30. The van der Waals surface area contributed by atoms with Crippen molar-refractivity contribution in [2.45, 2.75) is 52.2 Å². The summed E-state index contributed by atoms with van der Waals surface area (Å²) < 4.78 is 6.90. The highest BCUT2D eigenvalue weighted by molar-refractivity contribution is 7.14. The molecule has 33 heavy (non-hydrogen) atoms. The lowest BCUT2D eigenvalue weighted by Crippen LogP contribution is -2.52. The summed E-state index contributed by atoms with van der Waals surface area (Å²) in [4.78, 5) is 28.0. The molecule has 1 atom stereocenters. The third kappa shape index (κ3) is 4.56. The SMILES string of the molecule is COCC[C@@H]1Cn2cc(-c3nnc(Cc4ccc(C)cc4)s3)c(=O)c(O)c2C(=O)N1C(C)C. The second-order valence-electron chi connectivity index (χ2n) is 8.63. The number of hydrogen-bond donors (Lipinski definition) is 1. The van der Waals surface area contributed by atoms with Crippen molar-refractivity contribution in [1.82, 2.24) is 19.7 Å². The van der Waals surface area contributed by atoms with Crippen LogP contribution in [0.5, 0.6) is 5.75 Å². The highest BCUT2D eigenvalue weighted by atomic mass is 32.1. The van der Waals surface area contributed by atoms with Crippen LogP contribution in [0.3, 0.4) is 0 Å². The van der Waals surface area contributed by atoms with Gasteiger partial charge in [0.05, 0.1) is 11.6 Å². The Kier molecular flexibility index (Phi) is 6.62. The second kappa shape index (κ2) is 9.44. The molecule has 4 rings (SSSR count). The average Bonchev–Trinajstić information content (AvgIpc) is 3.24. The zero-order valence-electron chi connectivity index (χ0n) is 19.2. The zero-order chi connectivity index (χ0) is 23.7. The maximum atomic E-state index is 13.2. The van der Waals surface area contributed by atoms with Crippen LogP contribution in [0.4, 0.5) is 0 Å². The van der Waals surface area contributed by atoms with Crippen LogP contribution in [-0.2, 0) is 17.7 Å². The molecule has 2 aromatic heterocycles. The quantitative estimate of drug-likeness (QED) is 0.572. The summed E-state index contributed by atoms with van der Waals surface area (Å²) in [5.74, 6) is -0.889. The fourth-order valence-corrected chi connectivity index (χ4v) is 5.11. The molecule has 0 spiro atoms. The van der Waals surface area contributed by atoms with Crippen molar-refractivity contribution in [3.05, 3.63) is 62.5 Å². The number of fused-ring (bicyclic) bond motifs is 1. The number of methoxy groups -OCH3 is 1. The van der Waals surface area contributed by atoms with Crippen LogP contribution in [0, 0.1) is 6.92 Å². The summed E-state index contributed by atoms with van der Waals surface area (Å²) in [6, 6.07) is 8.00. The number of rotatable bonds is 7. The Hall–Kier alpha value is -3.04. The molecule has 1 N–H and O–H groups in total. The molecule has 1 aliphatic rings. The minimum absolute atomic E-state index is 0.0236. The van der Waals surface area contributed by atoms with Crippen molar-refractivity contribution in [2.75, 3.05) is 13.7 Å². The monoisotopic (exact) mass is 468 g/mol. The number of hydrogen-bond acceptors (Lipinski definition) is 7. The number of pyridine rings is 1. The molecule has 0 saturated carbocycles. The molecule has 0 unspecified atom stereocenters. The molecule has 1 aliphatic heterocycles. The Morgan fingerprint density at radius 2 is 1.94 bits per heavy atom. The normalized spacial score (nSPS) is 15.8. The van der Waals surface area contributed by atoms with E-state index in [1.165, 1.54) is 16.9 Å². The number of benzene rings is 1. The summed E-state index contributed by atoms with van der Waals surface area (Å²) in [7, 11) is 1.63. The fourth-order valence-electron chi connectivity index (χ4n) is 4.23. The van der Waals surface area contributed by atoms with Crippen molar-refractivity contribution in [1.29, 1.82) is 0 Å². The summed E-state index contributed by atoms with van der Waals surface area (Å²) in [5.41, 5.74) is 1.96. The van der Waals surface area contributed by atoms with Crippen molar-refractivity contribution in [3.8, 4) is 16.3 Å². The Bertz CT molecular complexity index is 1220. The molecule has 8 nitrogen and oxygen atoms in total. The van der Waals surface area contributed by atoms with Crippen LogP contribution in [0.2, 0.25) is 0 Å². The minimum Gasteiger partial charge on any atom is -0.503 e. The molecule has 0 saturated heterocycles.